The largest absolute Gasteiger partial charge is 0.493 e. The van der Waals surface area contributed by atoms with Gasteiger partial charge in [-0.1, -0.05) is 6.07 Å². The minimum absolute atomic E-state index is 0.202. The second kappa shape index (κ2) is 8.03. The van der Waals surface area contributed by atoms with E-state index >= 15 is 0 Å². The second-order valence-electron chi connectivity index (χ2n) is 7.34. The number of carbonyl (C=O) groups excluding carboxylic acids is 1. The summed E-state index contributed by atoms with van der Waals surface area (Å²) < 4.78 is 11.4. The number of nitrogens with zero attached hydrogens (tertiary/aromatic N) is 1. The van der Waals surface area contributed by atoms with Crippen molar-refractivity contribution in [2.24, 2.45) is 0 Å². The molecule has 1 N–H and O–H groups in total. The van der Waals surface area contributed by atoms with Gasteiger partial charge in [-0.25, -0.2) is 0 Å². The Kier molecular flexibility index (Phi) is 5.27. The molecule has 0 fully saturated rings. The number of benzene rings is 2. The van der Waals surface area contributed by atoms with Crippen molar-refractivity contribution in [1.82, 2.24) is 4.98 Å². The van der Waals surface area contributed by atoms with Crippen molar-refractivity contribution in [3.8, 4) is 5.75 Å². The molecule has 2 aromatic carbocycles. The zero-order valence-corrected chi connectivity index (χ0v) is 17.6. The SMILES string of the molecule is CCOc1cc2occ(C)c2cc1/C(C)=C/C(=O)Nc1cccc2nc(C)ccc12. The standard InChI is InChI=1S/C25H24N2O3/c1-5-29-23-13-24-20(16(3)14-30-24)12-19(23)15(2)11-25(28)27-22-8-6-7-21-18(22)10-9-17(4)26-21/h6-14H,5H2,1-4H3,(H,27,28)/b15-11+. The van der Waals surface area contributed by atoms with E-state index in [1.54, 1.807) is 12.3 Å². The van der Waals surface area contributed by atoms with Gasteiger partial charge in [0.15, 0.2) is 0 Å². The van der Waals surface area contributed by atoms with Gasteiger partial charge in [-0.3, -0.25) is 9.78 Å². The molecule has 5 nitrogen and oxygen atoms in total. The molecule has 0 unspecified atom stereocenters. The number of amides is 1. The summed E-state index contributed by atoms with van der Waals surface area (Å²) in [7, 11) is 0. The summed E-state index contributed by atoms with van der Waals surface area (Å²) in [5, 5.41) is 4.91. The third kappa shape index (κ3) is 3.79. The minimum atomic E-state index is -0.202. The smallest absolute Gasteiger partial charge is 0.248 e. The summed E-state index contributed by atoms with van der Waals surface area (Å²) in [6.45, 7) is 8.32. The van der Waals surface area contributed by atoms with E-state index in [1.165, 1.54) is 0 Å². The van der Waals surface area contributed by atoms with Gasteiger partial charge in [0.05, 0.1) is 24.1 Å². The molecule has 5 heteroatoms. The van der Waals surface area contributed by atoms with Gasteiger partial charge >= 0.3 is 0 Å². The maximum atomic E-state index is 12.8. The normalized spacial score (nSPS) is 11.8. The van der Waals surface area contributed by atoms with Gasteiger partial charge in [-0.05, 0) is 69.2 Å². The van der Waals surface area contributed by atoms with Gasteiger partial charge in [0.2, 0.25) is 5.91 Å². The zero-order chi connectivity index (χ0) is 21.3. The van der Waals surface area contributed by atoms with Crippen LogP contribution >= 0.6 is 0 Å². The Morgan fingerprint density at radius 3 is 2.80 bits per heavy atom. The number of allylic oxidation sites excluding steroid dienone is 1. The van der Waals surface area contributed by atoms with Gasteiger partial charge in [0, 0.05) is 34.2 Å². The van der Waals surface area contributed by atoms with E-state index in [0.717, 1.165) is 50.0 Å². The molecule has 0 radical (unpaired) electrons. The number of pyridine rings is 1. The van der Waals surface area contributed by atoms with Crippen LogP contribution in [0.15, 0.2) is 59.2 Å². The van der Waals surface area contributed by atoms with Crippen LogP contribution in [0.5, 0.6) is 5.75 Å². The Balaban J connectivity index is 1.67. The van der Waals surface area contributed by atoms with E-state index in [1.807, 2.05) is 70.2 Å². The summed E-state index contributed by atoms with van der Waals surface area (Å²) >= 11 is 0. The number of ether oxygens (including phenoxy) is 1. The van der Waals surface area contributed by atoms with Crippen LogP contribution in [0, 0.1) is 13.8 Å². The lowest BCUT2D eigenvalue weighted by Crippen LogP contribution is -2.09. The average Bonchev–Trinajstić information content (AvgIpc) is 3.07. The highest BCUT2D eigenvalue weighted by Crippen LogP contribution is 2.33. The van der Waals surface area contributed by atoms with E-state index in [-0.39, 0.29) is 5.91 Å². The molecule has 2 heterocycles. The van der Waals surface area contributed by atoms with Crippen molar-refractivity contribution >= 4 is 39.0 Å². The lowest BCUT2D eigenvalue weighted by atomic mass is 10.0. The predicted octanol–water partition coefficient (Wildman–Crippen LogP) is 6.04. The van der Waals surface area contributed by atoms with Crippen molar-refractivity contribution in [3.05, 3.63) is 71.6 Å². The molecule has 152 valence electrons. The number of carbonyl (C=O) groups is 1. The number of rotatable bonds is 5. The highest BCUT2D eigenvalue weighted by molar-refractivity contribution is 6.08. The number of aryl methyl sites for hydroxylation is 2. The van der Waals surface area contributed by atoms with Crippen LogP contribution in [0.25, 0.3) is 27.4 Å². The summed E-state index contributed by atoms with van der Waals surface area (Å²) in [6.07, 6.45) is 3.33. The molecule has 0 saturated heterocycles. The van der Waals surface area contributed by atoms with Crippen LogP contribution in [0.1, 0.15) is 30.7 Å². The molecule has 0 bridgehead atoms. The molecule has 4 aromatic rings. The summed E-state index contributed by atoms with van der Waals surface area (Å²) in [6, 6.07) is 13.5. The zero-order valence-electron chi connectivity index (χ0n) is 17.6. The van der Waals surface area contributed by atoms with Crippen LogP contribution in [0.2, 0.25) is 0 Å². The Morgan fingerprint density at radius 2 is 2.00 bits per heavy atom. The molecule has 0 aliphatic rings. The van der Waals surface area contributed by atoms with Gasteiger partial charge in [-0.2, -0.15) is 0 Å². The van der Waals surface area contributed by atoms with E-state index < -0.39 is 0 Å². The monoisotopic (exact) mass is 400 g/mol. The first-order valence-electron chi connectivity index (χ1n) is 9.97. The Bertz CT molecular complexity index is 1280. The molecule has 1 amide bonds. The van der Waals surface area contributed by atoms with Crippen molar-refractivity contribution in [2.45, 2.75) is 27.7 Å². The van der Waals surface area contributed by atoms with Gasteiger partial charge in [0.1, 0.15) is 11.3 Å². The topological polar surface area (TPSA) is 64.4 Å². The maximum absolute atomic E-state index is 12.8. The number of nitrogens with one attached hydrogen (secondary N) is 1. The number of fused-ring (bicyclic) bond motifs is 2. The second-order valence-corrected chi connectivity index (χ2v) is 7.34. The minimum Gasteiger partial charge on any atom is -0.493 e. The first kappa shape index (κ1) is 19.7. The molecule has 2 aromatic heterocycles. The quantitative estimate of drug-likeness (QED) is 0.415. The first-order valence-corrected chi connectivity index (χ1v) is 9.97. The fourth-order valence-electron chi connectivity index (χ4n) is 3.57. The Morgan fingerprint density at radius 1 is 1.17 bits per heavy atom. The predicted molar refractivity (Wildman–Crippen MR) is 121 cm³/mol. The van der Waals surface area contributed by atoms with Crippen LogP contribution in [-0.4, -0.2) is 17.5 Å². The first-order chi connectivity index (χ1) is 14.5. The molecule has 4 rings (SSSR count). The molecule has 0 aliphatic heterocycles. The third-order valence-corrected chi connectivity index (χ3v) is 5.07. The number of hydrogen-bond donors (Lipinski definition) is 1. The van der Waals surface area contributed by atoms with Crippen LogP contribution in [-0.2, 0) is 4.79 Å². The number of aromatic nitrogens is 1. The van der Waals surface area contributed by atoms with E-state index in [2.05, 4.69) is 10.3 Å². The molecule has 30 heavy (non-hydrogen) atoms. The van der Waals surface area contributed by atoms with Crippen molar-refractivity contribution < 1.29 is 13.9 Å². The number of furan rings is 1. The van der Waals surface area contributed by atoms with Gasteiger partial charge < -0.3 is 14.5 Å². The van der Waals surface area contributed by atoms with Crippen molar-refractivity contribution in [2.75, 3.05) is 11.9 Å². The van der Waals surface area contributed by atoms with Gasteiger partial charge in [-0.15, -0.1) is 0 Å². The van der Waals surface area contributed by atoms with Crippen LogP contribution in [0.4, 0.5) is 5.69 Å². The van der Waals surface area contributed by atoms with E-state index in [9.17, 15) is 4.79 Å². The van der Waals surface area contributed by atoms with Crippen molar-refractivity contribution in [1.29, 1.82) is 0 Å². The number of hydrogen-bond acceptors (Lipinski definition) is 4. The molecule has 0 spiro atoms. The summed E-state index contributed by atoms with van der Waals surface area (Å²) in [5.74, 6) is 0.498. The fourth-order valence-corrected chi connectivity index (χ4v) is 3.57. The third-order valence-electron chi connectivity index (χ3n) is 5.07. The van der Waals surface area contributed by atoms with Crippen LogP contribution in [0.3, 0.4) is 0 Å². The lowest BCUT2D eigenvalue weighted by Gasteiger charge is -2.12. The van der Waals surface area contributed by atoms with Crippen molar-refractivity contribution in [3.63, 3.8) is 0 Å². The number of anilines is 1. The average molecular weight is 400 g/mol. The van der Waals surface area contributed by atoms with E-state index in [4.69, 9.17) is 9.15 Å². The Hall–Kier alpha value is -3.60. The van der Waals surface area contributed by atoms with E-state index in [0.29, 0.717) is 12.4 Å². The van der Waals surface area contributed by atoms with Gasteiger partial charge in [0.25, 0.3) is 0 Å². The highest BCUT2D eigenvalue weighted by atomic mass is 16.5. The fraction of sp³-hybridized carbons (Fsp3) is 0.200. The maximum Gasteiger partial charge on any atom is 0.248 e. The lowest BCUT2D eigenvalue weighted by molar-refractivity contribution is -0.111. The molecular formula is C25H24N2O3. The highest BCUT2D eigenvalue weighted by Gasteiger charge is 2.13. The molecular weight excluding hydrogens is 376 g/mol. The molecule has 0 atom stereocenters. The van der Waals surface area contributed by atoms with Crippen LogP contribution < -0.4 is 10.1 Å². The summed E-state index contributed by atoms with van der Waals surface area (Å²) in [5.41, 5.74) is 6.04. The Labute approximate surface area is 175 Å². The summed E-state index contributed by atoms with van der Waals surface area (Å²) in [4.78, 5) is 17.3. The molecule has 0 saturated carbocycles. The molecule has 0 aliphatic carbocycles.